The highest BCUT2D eigenvalue weighted by atomic mass is 32.2. The van der Waals surface area contributed by atoms with E-state index in [1.807, 2.05) is 74.5 Å². The second-order valence-electron chi connectivity index (χ2n) is 21.1. The monoisotopic (exact) mass is 1030 g/mol. The molecular weight excluding hydrogens is 957 g/mol. The van der Waals surface area contributed by atoms with Gasteiger partial charge in [0.05, 0.1) is 51.8 Å². The summed E-state index contributed by atoms with van der Waals surface area (Å²) >= 11 is 1.60. The molecule has 6 rings (SSSR count). The van der Waals surface area contributed by atoms with Gasteiger partial charge >= 0.3 is 11.9 Å². The van der Waals surface area contributed by atoms with E-state index in [-0.39, 0.29) is 34.1 Å². The average Bonchev–Trinajstić information content (AvgIpc) is 3.68. The van der Waals surface area contributed by atoms with E-state index in [1.165, 1.54) is 17.5 Å². The molecule has 2 unspecified atom stereocenters. The normalized spacial score (nSPS) is 17.3. The fourth-order valence-electron chi connectivity index (χ4n) is 9.27. The van der Waals surface area contributed by atoms with Crippen molar-refractivity contribution in [1.29, 1.82) is 0 Å². The zero-order valence-corrected chi connectivity index (χ0v) is 47.2. The van der Waals surface area contributed by atoms with Crippen molar-refractivity contribution >= 4 is 50.5 Å². The molecule has 0 bridgehead atoms. The number of hydrogen-bond acceptors (Lipinski definition) is 11. The van der Waals surface area contributed by atoms with Crippen LogP contribution in [0.1, 0.15) is 97.9 Å². The third-order valence-corrected chi connectivity index (χ3v) is 21.1. The minimum Gasteiger partial charge on any atom is -0.497 e. The summed E-state index contributed by atoms with van der Waals surface area (Å²) in [6.07, 6.45) is 4.28. The van der Waals surface area contributed by atoms with Gasteiger partial charge in [-0.3, -0.25) is 0 Å². The largest absolute Gasteiger partial charge is 0.497 e. The van der Waals surface area contributed by atoms with Crippen molar-refractivity contribution < 1.29 is 47.2 Å². The van der Waals surface area contributed by atoms with Gasteiger partial charge in [-0.15, -0.1) is 11.8 Å². The summed E-state index contributed by atoms with van der Waals surface area (Å²) in [7, 11) is 0.136. The number of carbonyl (C=O) groups excluding carboxylic acids is 2. The maximum atomic E-state index is 14.3. The topological polar surface area (TPSA) is 108 Å². The fraction of sp³-hybridized carbons (Fsp3) is 0.424. The smallest absolute Gasteiger partial charge is 0.339 e. The molecule has 1 aliphatic heterocycles. The van der Waals surface area contributed by atoms with Gasteiger partial charge < -0.3 is 37.6 Å². The second-order valence-corrected chi connectivity index (χ2v) is 32.2. The third kappa shape index (κ3) is 14.8. The molecule has 0 amide bonds. The Kier molecular flexibility index (Phi) is 19.8. The van der Waals surface area contributed by atoms with Crippen LogP contribution in [0.4, 0.5) is 0 Å². The van der Waals surface area contributed by atoms with Crippen LogP contribution in [0, 0.1) is 0 Å². The molecule has 13 heteroatoms. The summed E-state index contributed by atoms with van der Waals surface area (Å²) < 4.78 is 50.5. The molecular formula is C59H76O10SSi2. The molecule has 5 atom stereocenters. The quantitative estimate of drug-likeness (QED) is 0.0255. The SMILES string of the molecule is COC(=O)c1cc(OC)cc(C(CC[C@@H]2OC(C)(C)O[C@@H]2C(C=CC[C@@H](C)O[Si](c2ccccc2)(c2ccccc2)C(C)(C)C)OCc2ccc(OC)cc2)Sc2ccccc2)c1C(=O)OCC[Si](C)(C)C. The van der Waals surface area contributed by atoms with Gasteiger partial charge in [-0.05, 0) is 109 Å². The van der Waals surface area contributed by atoms with Crippen LogP contribution < -0.4 is 19.8 Å². The number of esters is 2. The van der Waals surface area contributed by atoms with E-state index < -0.39 is 52.4 Å². The first-order chi connectivity index (χ1) is 34.3. The van der Waals surface area contributed by atoms with E-state index in [4.69, 9.17) is 37.6 Å². The average molecular weight is 1030 g/mol. The number of benzene rings is 5. The summed E-state index contributed by atoms with van der Waals surface area (Å²) in [5.41, 5.74) is 1.85. The van der Waals surface area contributed by atoms with Crippen LogP contribution in [0.2, 0.25) is 30.7 Å². The molecule has 1 aliphatic rings. The predicted octanol–water partition coefficient (Wildman–Crippen LogP) is 12.6. The Bertz CT molecular complexity index is 2490. The Morgan fingerprint density at radius 3 is 1.93 bits per heavy atom. The molecule has 72 heavy (non-hydrogen) atoms. The summed E-state index contributed by atoms with van der Waals surface area (Å²) in [5, 5.41) is 1.91. The highest BCUT2D eigenvalue weighted by molar-refractivity contribution is 7.99. The van der Waals surface area contributed by atoms with Crippen molar-refractivity contribution in [2.45, 2.75) is 138 Å². The Labute approximate surface area is 435 Å². The van der Waals surface area contributed by atoms with Gasteiger partial charge in [-0.2, -0.15) is 0 Å². The van der Waals surface area contributed by atoms with Crippen LogP contribution in [0.5, 0.6) is 11.5 Å². The molecule has 0 aromatic heterocycles. The minimum atomic E-state index is -2.82. The second kappa shape index (κ2) is 25.3. The van der Waals surface area contributed by atoms with Crippen LogP contribution >= 0.6 is 11.8 Å². The number of hydrogen-bond donors (Lipinski definition) is 0. The molecule has 386 valence electrons. The van der Waals surface area contributed by atoms with Gasteiger partial charge in [0.15, 0.2) is 5.79 Å². The molecule has 0 saturated carbocycles. The molecule has 5 aromatic rings. The van der Waals surface area contributed by atoms with Crippen molar-refractivity contribution in [2.75, 3.05) is 27.9 Å². The number of methoxy groups -OCH3 is 3. The molecule has 0 aliphatic carbocycles. The molecule has 0 N–H and O–H groups in total. The van der Waals surface area contributed by atoms with Gasteiger partial charge in [0, 0.05) is 24.3 Å². The number of carbonyl (C=O) groups is 2. The highest BCUT2D eigenvalue weighted by Crippen LogP contribution is 2.45. The van der Waals surface area contributed by atoms with E-state index in [0.29, 0.717) is 37.2 Å². The van der Waals surface area contributed by atoms with Crippen molar-refractivity contribution in [1.82, 2.24) is 0 Å². The zero-order valence-electron chi connectivity index (χ0n) is 44.4. The lowest BCUT2D eigenvalue weighted by Gasteiger charge is -2.44. The number of thioether (sulfide) groups is 1. The van der Waals surface area contributed by atoms with Crippen LogP contribution in [0.25, 0.3) is 0 Å². The van der Waals surface area contributed by atoms with E-state index in [1.54, 1.807) is 32.0 Å². The van der Waals surface area contributed by atoms with Crippen molar-refractivity contribution in [3.8, 4) is 11.5 Å². The lowest BCUT2D eigenvalue weighted by molar-refractivity contribution is -0.156. The number of rotatable bonds is 24. The molecule has 1 saturated heterocycles. The fourth-order valence-corrected chi connectivity index (χ4v) is 15.9. The summed E-state index contributed by atoms with van der Waals surface area (Å²) in [4.78, 5) is 28.9. The first-order valence-corrected chi connectivity index (χ1v) is 31.5. The maximum absolute atomic E-state index is 14.3. The van der Waals surface area contributed by atoms with E-state index >= 15 is 0 Å². The summed E-state index contributed by atoms with van der Waals surface area (Å²) in [6, 6.07) is 43.5. The van der Waals surface area contributed by atoms with E-state index in [0.717, 1.165) is 22.3 Å². The van der Waals surface area contributed by atoms with Gasteiger partial charge in [0.2, 0.25) is 0 Å². The Hall–Kier alpha value is -5.00. The molecule has 10 nitrogen and oxygen atoms in total. The minimum absolute atomic E-state index is 0.0910. The first kappa shape index (κ1) is 56.3. The molecule has 5 aromatic carbocycles. The molecule has 0 radical (unpaired) electrons. The first-order valence-electron chi connectivity index (χ1n) is 25.0. The van der Waals surface area contributed by atoms with Crippen LogP contribution in [0.15, 0.2) is 144 Å². The van der Waals surface area contributed by atoms with Crippen molar-refractivity contribution in [3.05, 3.63) is 162 Å². The van der Waals surface area contributed by atoms with E-state index in [9.17, 15) is 9.59 Å². The Morgan fingerprint density at radius 2 is 1.38 bits per heavy atom. The van der Waals surface area contributed by atoms with Crippen LogP contribution in [-0.2, 0) is 34.7 Å². The van der Waals surface area contributed by atoms with Gasteiger partial charge in [0.25, 0.3) is 8.32 Å². The summed E-state index contributed by atoms with van der Waals surface area (Å²) in [6.45, 7) is 20.1. The molecule has 1 fully saturated rings. The van der Waals surface area contributed by atoms with Gasteiger partial charge in [-0.25, -0.2) is 9.59 Å². The highest BCUT2D eigenvalue weighted by Gasteiger charge is 2.51. The van der Waals surface area contributed by atoms with Crippen molar-refractivity contribution in [2.24, 2.45) is 0 Å². The Morgan fingerprint density at radius 1 is 0.778 bits per heavy atom. The number of ether oxygens (including phenoxy) is 7. The van der Waals surface area contributed by atoms with Crippen LogP contribution in [-0.4, -0.2) is 86.5 Å². The maximum Gasteiger partial charge on any atom is 0.339 e. The third-order valence-electron chi connectivity index (χ3n) is 12.9. The van der Waals surface area contributed by atoms with Gasteiger partial charge in [-0.1, -0.05) is 144 Å². The Balaban J connectivity index is 1.35. The van der Waals surface area contributed by atoms with Crippen molar-refractivity contribution in [3.63, 3.8) is 0 Å². The standard InChI is InChI=1S/C59H76O10SSi2/c1-42(69-72(58(2,3)4,47-26-18-14-19-27-47)48-28-20-15-21-29-48)23-22-30-51(66-41-43-31-33-44(62-7)34-32-43)55-52(67-59(5,6)68-55)35-36-53(70-46-24-16-13-17-25-46)49-39-45(63-8)40-50(56(60)64-9)54(49)57(61)65-37-38-71(10,11)12/h13-22,24-34,39-40,42,51-53,55H,23,35-38,41H2,1-12H3/t42-,51?,52+,53?,55-/m1/s1. The summed E-state index contributed by atoms with van der Waals surface area (Å²) in [5.74, 6) is -0.978. The predicted molar refractivity (Wildman–Crippen MR) is 294 cm³/mol. The van der Waals surface area contributed by atoms with E-state index in [2.05, 4.69) is 120 Å². The zero-order chi connectivity index (χ0) is 52.1. The lowest BCUT2D eigenvalue weighted by atomic mass is 9.93. The molecule has 0 spiro atoms. The molecule has 1 heterocycles. The lowest BCUT2D eigenvalue weighted by Crippen LogP contribution is -2.67. The van der Waals surface area contributed by atoms with Crippen LogP contribution in [0.3, 0.4) is 0 Å². The van der Waals surface area contributed by atoms with Gasteiger partial charge in [0.1, 0.15) is 23.7 Å².